The Morgan fingerprint density at radius 2 is 1.55 bits per heavy atom. The summed E-state index contributed by atoms with van der Waals surface area (Å²) in [6.07, 6.45) is 0. The summed E-state index contributed by atoms with van der Waals surface area (Å²) in [7, 11) is 0. The van der Waals surface area contributed by atoms with Gasteiger partial charge >= 0.3 is 0 Å². The normalized spacial score (nSPS) is 11.2. The van der Waals surface area contributed by atoms with Crippen molar-refractivity contribution in [3.05, 3.63) is 71.0 Å². The maximum absolute atomic E-state index is 12.7. The van der Waals surface area contributed by atoms with Gasteiger partial charge in [0, 0.05) is 11.4 Å². The van der Waals surface area contributed by atoms with Crippen LogP contribution in [0.1, 0.15) is 19.9 Å². The fourth-order valence-corrected chi connectivity index (χ4v) is 2.62. The first-order valence-corrected chi connectivity index (χ1v) is 6.88. The second-order valence-electron chi connectivity index (χ2n) is 5.25. The zero-order valence-corrected chi connectivity index (χ0v) is 11.7. The molecule has 0 radical (unpaired) electrons. The lowest BCUT2D eigenvalue weighted by molar-refractivity contribution is 0.589. The van der Waals surface area contributed by atoms with E-state index in [9.17, 15) is 4.79 Å². The summed E-state index contributed by atoms with van der Waals surface area (Å²) in [5.74, 6) is 0. The molecule has 0 saturated carbocycles. The van der Waals surface area contributed by atoms with Crippen LogP contribution >= 0.6 is 0 Å². The molecule has 2 heteroatoms. The predicted molar refractivity (Wildman–Crippen MR) is 84.0 cm³/mol. The molecule has 0 amide bonds. The summed E-state index contributed by atoms with van der Waals surface area (Å²) in [5, 5.41) is 1.77. The van der Waals surface area contributed by atoms with Crippen molar-refractivity contribution in [1.29, 1.82) is 0 Å². The molecule has 1 heterocycles. The zero-order chi connectivity index (χ0) is 14.1. The molecular formula is C18H17NO. The molecule has 2 nitrogen and oxygen atoms in total. The average Bonchev–Trinajstić information content (AvgIpc) is 2.47. The Morgan fingerprint density at radius 1 is 0.900 bits per heavy atom. The number of pyridine rings is 1. The number of nitrogens with zero attached hydrogens (tertiary/aromatic N) is 1. The van der Waals surface area contributed by atoms with Crippen LogP contribution in [0.3, 0.4) is 0 Å². The lowest BCUT2D eigenvalue weighted by atomic mass is 10.1. The number of fused-ring (bicyclic) bond motifs is 1. The van der Waals surface area contributed by atoms with E-state index in [1.807, 2.05) is 73.0 Å². The van der Waals surface area contributed by atoms with Gasteiger partial charge in [-0.1, -0.05) is 48.5 Å². The third-order valence-electron chi connectivity index (χ3n) is 3.55. The van der Waals surface area contributed by atoms with E-state index in [2.05, 4.69) is 6.07 Å². The first kappa shape index (κ1) is 12.7. The number of hydrogen-bond acceptors (Lipinski definition) is 1. The Kier molecular flexibility index (Phi) is 3.15. The van der Waals surface area contributed by atoms with E-state index in [4.69, 9.17) is 0 Å². The van der Waals surface area contributed by atoms with Crippen molar-refractivity contribution >= 4 is 10.8 Å². The Labute approximate surface area is 118 Å². The fourth-order valence-electron chi connectivity index (χ4n) is 2.62. The minimum absolute atomic E-state index is 0.0805. The average molecular weight is 263 g/mol. The molecule has 0 spiro atoms. The summed E-state index contributed by atoms with van der Waals surface area (Å²) in [6, 6.07) is 20.1. The molecule has 0 aliphatic carbocycles. The quantitative estimate of drug-likeness (QED) is 0.677. The maximum atomic E-state index is 12.7. The van der Waals surface area contributed by atoms with Crippen LogP contribution in [0.5, 0.6) is 0 Å². The second-order valence-corrected chi connectivity index (χ2v) is 5.25. The van der Waals surface area contributed by atoms with Gasteiger partial charge in [0.2, 0.25) is 0 Å². The van der Waals surface area contributed by atoms with Gasteiger partial charge in [-0.25, -0.2) is 0 Å². The summed E-state index contributed by atoms with van der Waals surface area (Å²) in [4.78, 5) is 12.7. The van der Waals surface area contributed by atoms with Gasteiger partial charge in [-0.15, -0.1) is 0 Å². The summed E-state index contributed by atoms with van der Waals surface area (Å²) >= 11 is 0. The van der Waals surface area contributed by atoms with Gasteiger partial charge in [-0.2, -0.15) is 0 Å². The van der Waals surface area contributed by atoms with Gasteiger partial charge in [-0.3, -0.25) is 4.79 Å². The predicted octanol–water partition coefficient (Wildman–Crippen LogP) is 4.25. The van der Waals surface area contributed by atoms with Gasteiger partial charge in [0.15, 0.2) is 0 Å². The van der Waals surface area contributed by atoms with Gasteiger partial charge in [0.05, 0.1) is 5.69 Å². The largest absolute Gasteiger partial charge is 0.305 e. The molecular weight excluding hydrogens is 246 g/mol. The molecule has 0 saturated heterocycles. The Balaban J connectivity index is 2.42. The number of benzene rings is 2. The Bertz CT molecular complexity index is 801. The minimum atomic E-state index is 0.0805. The van der Waals surface area contributed by atoms with E-state index in [0.717, 1.165) is 22.0 Å². The minimum Gasteiger partial charge on any atom is -0.305 e. The molecule has 100 valence electrons. The lowest BCUT2D eigenvalue weighted by Crippen LogP contribution is -2.23. The highest BCUT2D eigenvalue weighted by Gasteiger charge is 2.12. The highest BCUT2D eigenvalue weighted by atomic mass is 16.1. The molecule has 0 unspecified atom stereocenters. The van der Waals surface area contributed by atoms with Crippen LogP contribution in [0.15, 0.2) is 65.5 Å². The molecule has 20 heavy (non-hydrogen) atoms. The van der Waals surface area contributed by atoms with E-state index < -0.39 is 0 Å². The van der Waals surface area contributed by atoms with Crippen molar-refractivity contribution in [2.24, 2.45) is 0 Å². The third-order valence-corrected chi connectivity index (χ3v) is 3.55. The van der Waals surface area contributed by atoms with Crippen molar-refractivity contribution in [3.63, 3.8) is 0 Å². The molecule has 0 bridgehead atoms. The van der Waals surface area contributed by atoms with E-state index in [1.165, 1.54) is 0 Å². The van der Waals surface area contributed by atoms with E-state index in [1.54, 1.807) is 0 Å². The molecule has 0 aliphatic rings. The highest BCUT2D eigenvalue weighted by molar-refractivity contribution is 5.85. The van der Waals surface area contributed by atoms with Crippen molar-refractivity contribution < 1.29 is 0 Å². The number of hydrogen-bond donors (Lipinski definition) is 0. The first-order chi connectivity index (χ1) is 9.68. The molecule has 0 aliphatic heterocycles. The van der Waals surface area contributed by atoms with Crippen LogP contribution in [0, 0.1) is 0 Å². The highest BCUT2D eigenvalue weighted by Crippen LogP contribution is 2.24. The standard InChI is InChI=1S/C18H17NO/c1-13(2)19-17(14-8-4-3-5-9-14)12-15-10-6-7-11-16(15)18(19)20/h3-13H,1-2H3. The van der Waals surface area contributed by atoms with E-state index in [-0.39, 0.29) is 11.6 Å². The molecule has 3 aromatic rings. The van der Waals surface area contributed by atoms with Crippen molar-refractivity contribution in [1.82, 2.24) is 4.57 Å². The van der Waals surface area contributed by atoms with Gasteiger partial charge in [0.1, 0.15) is 0 Å². The Hall–Kier alpha value is -2.35. The van der Waals surface area contributed by atoms with Crippen molar-refractivity contribution in [3.8, 4) is 11.3 Å². The summed E-state index contributed by atoms with van der Waals surface area (Å²) in [6.45, 7) is 4.09. The smallest absolute Gasteiger partial charge is 0.259 e. The topological polar surface area (TPSA) is 22.0 Å². The monoisotopic (exact) mass is 263 g/mol. The molecule has 2 aromatic carbocycles. The molecule has 1 aromatic heterocycles. The van der Waals surface area contributed by atoms with Crippen molar-refractivity contribution in [2.45, 2.75) is 19.9 Å². The van der Waals surface area contributed by atoms with Crippen LogP contribution in [-0.2, 0) is 0 Å². The van der Waals surface area contributed by atoms with Crippen LogP contribution in [0.2, 0.25) is 0 Å². The van der Waals surface area contributed by atoms with Gasteiger partial charge in [-0.05, 0) is 36.9 Å². The summed E-state index contributed by atoms with van der Waals surface area (Å²) in [5.41, 5.74) is 2.13. The van der Waals surface area contributed by atoms with Crippen LogP contribution in [0.25, 0.3) is 22.0 Å². The molecule has 0 atom stereocenters. The zero-order valence-electron chi connectivity index (χ0n) is 11.7. The van der Waals surface area contributed by atoms with Gasteiger partial charge in [0.25, 0.3) is 5.56 Å². The van der Waals surface area contributed by atoms with Crippen LogP contribution in [0.4, 0.5) is 0 Å². The second kappa shape index (κ2) is 4.97. The molecule has 0 N–H and O–H groups in total. The van der Waals surface area contributed by atoms with Crippen molar-refractivity contribution in [2.75, 3.05) is 0 Å². The number of rotatable bonds is 2. The SMILES string of the molecule is CC(C)n1c(-c2ccccc2)cc2ccccc2c1=O. The van der Waals surface area contributed by atoms with E-state index >= 15 is 0 Å². The molecule has 3 rings (SSSR count). The third kappa shape index (κ3) is 2.03. The van der Waals surface area contributed by atoms with Crippen LogP contribution < -0.4 is 5.56 Å². The summed E-state index contributed by atoms with van der Waals surface area (Å²) < 4.78 is 1.87. The fraction of sp³-hybridized carbons (Fsp3) is 0.167. The Morgan fingerprint density at radius 3 is 2.25 bits per heavy atom. The first-order valence-electron chi connectivity index (χ1n) is 6.88. The maximum Gasteiger partial charge on any atom is 0.259 e. The van der Waals surface area contributed by atoms with Gasteiger partial charge < -0.3 is 4.57 Å². The number of aromatic nitrogens is 1. The molecule has 0 fully saturated rings. The lowest BCUT2D eigenvalue weighted by Gasteiger charge is -2.18. The van der Waals surface area contributed by atoms with E-state index in [0.29, 0.717) is 0 Å². The van der Waals surface area contributed by atoms with Crippen LogP contribution in [-0.4, -0.2) is 4.57 Å².